The van der Waals surface area contributed by atoms with Gasteiger partial charge in [-0.2, -0.15) is 0 Å². The number of nitrogens with one attached hydrogen (secondary N) is 1. The summed E-state index contributed by atoms with van der Waals surface area (Å²) in [6.07, 6.45) is 2.47. The zero-order valence-electron chi connectivity index (χ0n) is 16.2. The molecule has 1 aromatic carbocycles. The number of fused-ring (bicyclic) bond motifs is 1. The Morgan fingerprint density at radius 3 is 2.74 bits per heavy atom. The Morgan fingerprint density at radius 2 is 2.04 bits per heavy atom. The summed E-state index contributed by atoms with van der Waals surface area (Å²) in [6.45, 7) is 8.89. The topological polar surface area (TPSA) is 45.5 Å². The monoisotopic (exact) mass is 382 g/mol. The number of thiophene rings is 1. The molecule has 5 heteroatoms. The van der Waals surface area contributed by atoms with Crippen molar-refractivity contribution in [3.05, 3.63) is 57.0 Å². The van der Waals surface area contributed by atoms with Gasteiger partial charge in [-0.05, 0) is 75.3 Å². The van der Waals surface area contributed by atoms with Crippen LogP contribution in [0.15, 0.2) is 34.1 Å². The van der Waals surface area contributed by atoms with Gasteiger partial charge in [0.2, 0.25) is 0 Å². The van der Waals surface area contributed by atoms with Crippen LogP contribution in [0.25, 0.3) is 11.0 Å². The van der Waals surface area contributed by atoms with Gasteiger partial charge in [0.15, 0.2) is 5.76 Å². The van der Waals surface area contributed by atoms with Crippen LogP contribution in [0, 0.1) is 20.8 Å². The highest BCUT2D eigenvalue weighted by atomic mass is 32.1. The van der Waals surface area contributed by atoms with E-state index in [1.54, 1.807) is 11.3 Å². The summed E-state index contributed by atoms with van der Waals surface area (Å²) in [7, 11) is 0. The highest BCUT2D eigenvalue weighted by Crippen LogP contribution is 2.30. The first-order chi connectivity index (χ1) is 13.0. The highest BCUT2D eigenvalue weighted by Gasteiger charge is 2.26. The summed E-state index contributed by atoms with van der Waals surface area (Å²) >= 11 is 1.76. The van der Waals surface area contributed by atoms with Crippen molar-refractivity contribution in [2.75, 3.05) is 19.6 Å². The lowest BCUT2D eigenvalue weighted by Gasteiger charge is -2.26. The zero-order chi connectivity index (χ0) is 19.0. The van der Waals surface area contributed by atoms with Gasteiger partial charge in [-0.3, -0.25) is 9.69 Å². The van der Waals surface area contributed by atoms with Crippen molar-refractivity contribution >= 4 is 28.2 Å². The fourth-order valence-electron chi connectivity index (χ4n) is 4.22. The first kappa shape index (κ1) is 18.3. The SMILES string of the molecule is Cc1cc(C)c2c(C)c(C(=O)NC[C@@H](c3cccs3)N3CCCC3)oc2c1. The van der Waals surface area contributed by atoms with E-state index in [4.69, 9.17) is 4.42 Å². The molecule has 1 amide bonds. The molecule has 1 aliphatic heterocycles. The van der Waals surface area contributed by atoms with Crippen LogP contribution in [-0.2, 0) is 0 Å². The first-order valence-corrected chi connectivity index (χ1v) is 10.5. The molecule has 142 valence electrons. The summed E-state index contributed by atoms with van der Waals surface area (Å²) < 4.78 is 5.95. The Bertz CT molecular complexity index is 953. The van der Waals surface area contributed by atoms with E-state index < -0.39 is 0 Å². The van der Waals surface area contributed by atoms with Crippen molar-refractivity contribution < 1.29 is 9.21 Å². The molecule has 1 N–H and O–H groups in total. The quantitative estimate of drug-likeness (QED) is 0.676. The largest absolute Gasteiger partial charge is 0.451 e. The molecule has 3 aromatic rings. The second kappa shape index (κ2) is 7.49. The minimum absolute atomic E-state index is 0.124. The Balaban J connectivity index is 1.55. The smallest absolute Gasteiger partial charge is 0.287 e. The molecule has 1 aliphatic rings. The van der Waals surface area contributed by atoms with E-state index >= 15 is 0 Å². The van der Waals surface area contributed by atoms with Crippen molar-refractivity contribution in [1.29, 1.82) is 0 Å². The van der Waals surface area contributed by atoms with Crippen LogP contribution in [0.4, 0.5) is 0 Å². The predicted octanol–water partition coefficient (Wildman–Crippen LogP) is 4.99. The fraction of sp³-hybridized carbons (Fsp3) is 0.409. The number of aryl methyl sites for hydroxylation is 3. The van der Waals surface area contributed by atoms with Crippen molar-refractivity contribution in [1.82, 2.24) is 10.2 Å². The number of nitrogens with zero attached hydrogens (tertiary/aromatic N) is 1. The van der Waals surface area contributed by atoms with E-state index in [0.717, 1.165) is 40.7 Å². The number of carbonyl (C=O) groups excluding carboxylic acids is 1. The third-order valence-corrected chi connectivity index (χ3v) is 6.46. The van der Waals surface area contributed by atoms with Crippen LogP contribution in [0.3, 0.4) is 0 Å². The van der Waals surface area contributed by atoms with Crippen molar-refractivity contribution in [3.8, 4) is 0 Å². The standard InChI is InChI=1S/C22H26N2O2S/c1-14-11-15(2)20-16(3)21(26-18(20)12-14)22(25)23-13-17(19-7-6-10-27-19)24-8-4-5-9-24/h6-7,10-12,17H,4-5,8-9,13H2,1-3H3,(H,23,25)/t17-/m0/s1. The molecular formula is C22H26N2O2S. The summed E-state index contributed by atoms with van der Waals surface area (Å²) in [5.41, 5.74) is 4.02. The van der Waals surface area contributed by atoms with Gasteiger partial charge < -0.3 is 9.73 Å². The summed E-state index contributed by atoms with van der Waals surface area (Å²) in [5, 5.41) is 6.29. The van der Waals surface area contributed by atoms with E-state index in [9.17, 15) is 4.79 Å². The molecule has 4 rings (SSSR count). The molecule has 0 saturated carbocycles. The van der Waals surface area contributed by atoms with Crippen LogP contribution in [0.1, 0.15) is 51.0 Å². The number of benzene rings is 1. The normalized spacial score (nSPS) is 16.1. The van der Waals surface area contributed by atoms with Crippen LogP contribution < -0.4 is 5.32 Å². The first-order valence-electron chi connectivity index (χ1n) is 9.60. The molecule has 0 unspecified atom stereocenters. The fourth-order valence-corrected chi connectivity index (χ4v) is 5.08. The number of carbonyl (C=O) groups is 1. The van der Waals surface area contributed by atoms with Crippen molar-refractivity contribution in [2.24, 2.45) is 0 Å². The molecule has 2 aromatic heterocycles. The summed E-state index contributed by atoms with van der Waals surface area (Å²) in [5.74, 6) is 0.312. The maximum absolute atomic E-state index is 12.9. The van der Waals surface area contributed by atoms with Gasteiger partial charge in [-0.1, -0.05) is 12.1 Å². The van der Waals surface area contributed by atoms with Gasteiger partial charge >= 0.3 is 0 Å². The predicted molar refractivity (Wildman–Crippen MR) is 111 cm³/mol. The maximum atomic E-state index is 12.9. The third-order valence-electron chi connectivity index (χ3n) is 5.49. The van der Waals surface area contributed by atoms with E-state index in [-0.39, 0.29) is 11.9 Å². The molecule has 0 spiro atoms. The van der Waals surface area contributed by atoms with Crippen LogP contribution in [-0.4, -0.2) is 30.4 Å². The number of rotatable bonds is 5. The zero-order valence-corrected chi connectivity index (χ0v) is 17.0. The Labute approximate surface area is 164 Å². The second-order valence-corrected chi connectivity index (χ2v) is 8.47. The minimum Gasteiger partial charge on any atom is -0.451 e. The molecule has 1 atom stereocenters. The lowest BCUT2D eigenvalue weighted by atomic mass is 10.0. The second-order valence-electron chi connectivity index (χ2n) is 7.50. The molecule has 27 heavy (non-hydrogen) atoms. The Kier molecular flexibility index (Phi) is 5.06. The minimum atomic E-state index is -0.124. The third kappa shape index (κ3) is 3.54. The number of hydrogen-bond acceptors (Lipinski definition) is 4. The van der Waals surface area contributed by atoms with Gasteiger partial charge in [0.05, 0.1) is 6.04 Å². The molecular weight excluding hydrogens is 356 g/mol. The van der Waals surface area contributed by atoms with E-state index in [0.29, 0.717) is 12.3 Å². The van der Waals surface area contributed by atoms with E-state index in [1.165, 1.54) is 17.7 Å². The van der Waals surface area contributed by atoms with Crippen LogP contribution in [0.5, 0.6) is 0 Å². The summed E-state index contributed by atoms with van der Waals surface area (Å²) in [4.78, 5) is 16.7. The number of furan rings is 1. The van der Waals surface area contributed by atoms with E-state index in [1.807, 2.05) is 19.9 Å². The van der Waals surface area contributed by atoms with Gasteiger partial charge in [0.1, 0.15) is 5.58 Å². The highest BCUT2D eigenvalue weighted by molar-refractivity contribution is 7.10. The van der Waals surface area contributed by atoms with Crippen LogP contribution in [0.2, 0.25) is 0 Å². The number of likely N-dealkylation sites (tertiary alicyclic amines) is 1. The maximum Gasteiger partial charge on any atom is 0.287 e. The van der Waals surface area contributed by atoms with Crippen molar-refractivity contribution in [3.63, 3.8) is 0 Å². The van der Waals surface area contributed by atoms with Gasteiger partial charge in [-0.25, -0.2) is 0 Å². The number of amides is 1. The molecule has 1 fully saturated rings. The number of hydrogen-bond donors (Lipinski definition) is 1. The van der Waals surface area contributed by atoms with Gasteiger partial charge in [0.25, 0.3) is 5.91 Å². The Morgan fingerprint density at radius 1 is 1.26 bits per heavy atom. The van der Waals surface area contributed by atoms with E-state index in [2.05, 4.69) is 40.7 Å². The summed E-state index contributed by atoms with van der Waals surface area (Å²) in [6, 6.07) is 8.63. The molecule has 0 aliphatic carbocycles. The van der Waals surface area contributed by atoms with Gasteiger partial charge in [-0.15, -0.1) is 11.3 Å². The lowest BCUT2D eigenvalue weighted by molar-refractivity contribution is 0.0912. The molecule has 1 saturated heterocycles. The average Bonchev–Trinajstić information content (AvgIpc) is 3.36. The van der Waals surface area contributed by atoms with Crippen LogP contribution >= 0.6 is 11.3 Å². The van der Waals surface area contributed by atoms with Gasteiger partial charge in [0, 0.05) is 22.4 Å². The molecule has 4 nitrogen and oxygen atoms in total. The average molecular weight is 383 g/mol. The Hall–Kier alpha value is -2.11. The lowest BCUT2D eigenvalue weighted by Crippen LogP contribution is -2.36. The molecule has 0 radical (unpaired) electrons. The molecule has 3 heterocycles. The molecule has 0 bridgehead atoms. The van der Waals surface area contributed by atoms with Crippen molar-refractivity contribution in [2.45, 2.75) is 39.7 Å².